The summed E-state index contributed by atoms with van der Waals surface area (Å²) in [4.78, 5) is 9.95. The van der Waals surface area contributed by atoms with E-state index < -0.39 is 11.0 Å². The predicted octanol–water partition coefficient (Wildman–Crippen LogP) is -0.0972. The maximum Gasteiger partial charge on any atom is 0.306 e. The van der Waals surface area contributed by atoms with Crippen LogP contribution < -0.4 is 5.32 Å². The smallest absolute Gasteiger partial charge is 0.306 e. The van der Waals surface area contributed by atoms with Crippen LogP contribution in [0.1, 0.15) is 19.8 Å². The van der Waals surface area contributed by atoms with Crippen LogP contribution in [0.5, 0.6) is 0 Å². The van der Waals surface area contributed by atoms with Crippen LogP contribution in [-0.2, 0) is 6.54 Å². The summed E-state index contributed by atoms with van der Waals surface area (Å²) in [5, 5.41) is 36.1. The van der Waals surface area contributed by atoms with E-state index in [0.29, 0.717) is 13.0 Å². The van der Waals surface area contributed by atoms with Gasteiger partial charge in [0, 0.05) is 19.2 Å². The normalized spacial score (nSPS) is 14.3. The van der Waals surface area contributed by atoms with Gasteiger partial charge in [-0.25, -0.2) is 0 Å². The Morgan fingerprint density at radius 1 is 1.63 bits per heavy atom. The Morgan fingerprint density at radius 3 is 2.89 bits per heavy atom. The van der Waals surface area contributed by atoms with E-state index in [1.165, 1.54) is 10.9 Å². The number of aliphatic hydroxyl groups is 2. The topological polar surface area (TPSA) is 113 Å². The molecule has 0 aliphatic carbocycles. The first-order valence-electron chi connectivity index (χ1n) is 6.26. The molecule has 108 valence electrons. The van der Waals surface area contributed by atoms with E-state index >= 15 is 0 Å². The Balaban J connectivity index is 2.37. The average Bonchev–Trinajstić information content (AvgIpc) is 2.83. The third-order valence-corrected chi connectivity index (χ3v) is 2.84. The lowest BCUT2D eigenvalue weighted by atomic mass is 10.1. The van der Waals surface area contributed by atoms with Gasteiger partial charge in [-0.3, -0.25) is 14.8 Å². The first kappa shape index (κ1) is 15.5. The highest BCUT2D eigenvalue weighted by Gasteiger charge is 2.13. The predicted molar refractivity (Wildman–Crippen MR) is 68.7 cm³/mol. The number of aliphatic hydroxyl groups excluding tert-OH is 2. The molecule has 1 heterocycles. The highest BCUT2D eigenvalue weighted by Crippen LogP contribution is 2.08. The summed E-state index contributed by atoms with van der Waals surface area (Å²) in [5.41, 5.74) is -0.0909. The number of aromatic nitrogens is 2. The minimum absolute atomic E-state index is 0.0909. The molecule has 0 amide bonds. The maximum absolute atomic E-state index is 10.5. The third kappa shape index (κ3) is 5.33. The molecule has 1 aromatic heterocycles. The Labute approximate surface area is 111 Å². The van der Waals surface area contributed by atoms with Crippen molar-refractivity contribution in [1.82, 2.24) is 15.1 Å². The van der Waals surface area contributed by atoms with Crippen LogP contribution in [0.2, 0.25) is 0 Å². The van der Waals surface area contributed by atoms with Crippen LogP contribution in [-0.4, -0.2) is 50.2 Å². The van der Waals surface area contributed by atoms with E-state index in [2.05, 4.69) is 10.4 Å². The second-order valence-electron chi connectivity index (χ2n) is 4.36. The number of hydrogen-bond acceptors (Lipinski definition) is 6. The average molecular weight is 272 g/mol. The Kier molecular flexibility index (Phi) is 6.40. The summed E-state index contributed by atoms with van der Waals surface area (Å²) in [6.45, 7) is 2.64. The summed E-state index contributed by atoms with van der Waals surface area (Å²) >= 11 is 0. The summed E-state index contributed by atoms with van der Waals surface area (Å²) < 4.78 is 1.34. The second-order valence-corrected chi connectivity index (χ2v) is 4.36. The largest absolute Gasteiger partial charge is 0.396 e. The van der Waals surface area contributed by atoms with E-state index in [9.17, 15) is 15.2 Å². The van der Waals surface area contributed by atoms with E-state index in [0.717, 1.165) is 12.6 Å². The van der Waals surface area contributed by atoms with Gasteiger partial charge >= 0.3 is 5.69 Å². The van der Waals surface area contributed by atoms with Gasteiger partial charge in [-0.2, -0.15) is 5.10 Å². The zero-order valence-corrected chi connectivity index (χ0v) is 10.9. The van der Waals surface area contributed by atoms with Gasteiger partial charge in [0.2, 0.25) is 0 Å². The molecule has 0 spiro atoms. The van der Waals surface area contributed by atoms with Gasteiger partial charge in [0.05, 0.1) is 17.6 Å². The van der Waals surface area contributed by atoms with Gasteiger partial charge in [0.1, 0.15) is 12.4 Å². The van der Waals surface area contributed by atoms with Crippen LogP contribution in [0.25, 0.3) is 0 Å². The molecule has 0 fully saturated rings. The fraction of sp³-hybridized carbons (Fsp3) is 0.727. The number of nitrogens with zero attached hydrogens (tertiary/aromatic N) is 3. The zero-order valence-electron chi connectivity index (χ0n) is 10.9. The highest BCUT2D eigenvalue weighted by atomic mass is 16.6. The number of rotatable bonds is 9. The fourth-order valence-corrected chi connectivity index (χ4v) is 1.74. The summed E-state index contributed by atoms with van der Waals surface area (Å²) in [5.74, 6) is 0. The molecule has 19 heavy (non-hydrogen) atoms. The third-order valence-electron chi connectivity index (χ3n) is 2.84. The minimum Gasteiger partial charge on any atom is -0.396 e. The molecule has 0 aliphatic rings. The maximum atomic E-state index is 10.5. The van der Waals surface area contributed by atoms with Crippen molar-refractivity contribution >= 4 is 5.69 Å². The Bertz CT molecular complexity index is 396. The molecule has 0 bridgehead atoms. The molecule has 0 saturated heterocycles. The van der Waals surface area contributed by atoms with Gasteiger partial charge in [-0.1, -0.05) is 6.92 Å². The van der Waals surface area contributed by atoms with Crippen LogP contribution >= 0.6 is 0 Å². The molecular formula is C11H20N4O4. The molecule has 0 aliphatic heterocycles. The van der Waals surface area contributed by atoms with E-state index in [1.54, 1.807) is 0 Å². The van der Waals surface area contributed by atoms with Crippen LogP contribution in [0.4, 0.5) is 5.69 Å². The van der Waals surface area contributed by atoms with Gasteiger partial charge in [-0.15, -0.1) is 0 Å². The van der Waals surface area contributed by atoms with Crippen LogP contribution in [0.3, 0.4) is 0 Å². The lowest BCUT2D eigenvalue weighted by Gasteiger charge is -2.18. The SMILES string of the molecule is CCC(CCO)NCC(O)Cn1cc([N+](=O)[O-])cn1. The molecule has 0 aromatic carbocycles. The van der Waals surface area contributed by atoms with Crippen molar-refractivity contribution in [2.75, 3.05) is 13.2 Å². The van der Waals surface area contributed by atoms with E-state index in [4.69, 9.17) is 5.11 Å². The second kappa shape index (κ2) is 7.82. The molecular weight excluding hydrogens is 252 g/mol. The first-order chi connectivity index (χ1) is 9.06. The lowest BCUT2D eigenvalue weighted by Crippen LogP contribution is -2.37. The van der Waals surface area contributed by atoms with E-state index in [1.807, 2.05) is 6.92 Å². The molecule has 8 heteroatoms. The Morgan fingerprint density at radius 2 is 2.37 bits per heavy atom. The molecule has 1 aromatic rings. The molecule has 2 unspecified atom stereocenters. The van der Waals surface area contributed by atoms with Gasteiger partial charge in [0.25, 0.3) is 0 Å². The first-order valence-corrected chi connectivity index (χ1v) is 6.26. The fourth-order valence-electron chi connectivity index (χ4n) is 1.74. The standard InChI is InChI=1S/C11H20N4O4/c1-2-9(3-4-16)12-6-11(17)8-14-7-10(5-13-14)15(18)19/h5,7,9,11-12,16-17H,2-4,6,8H2,1H3. The number of nitrogens with one attached hydrogen (secondary N) is 1. The molecule has 0 saturated carbocycles. The summed E-state index contributed by atoms with van der Waals surface area (Å²) in [6.07, 6.45) is 3.25. The van der Waals surface area contributed by atoms with Gasteiger partial charge in [-0.05, 0) is 12.8 Å². The monoisotopic (exact) mass is 272 g/mol. The van der Waals surface area contributed by atoms with Crippen molar-refractivity contribution in [3.63, 3.8) is 0 Å². The Hall–Kier alpha value is -1.51. The van der Waals surface area contributed by atoms with Crippen molar-refractivity contribution in [2.24, 2.45) is 0 Å². The van der Waals surface area contributed by atoms with E-state index in [-0.39, 0.29) is 24.9 Å². The molecule has 2 atom stereocenters. The van der Waals surface area contributed by atoms with Crippen LogP contribution in [0.15, 0.2) is 12.4 Å². The molecule has 8 nitrogen and oxygen atoms in total. The molecule has 0 radical (unpaired) electrons. The van der Waals surface area contributed by atoms with Crippen molar-refractivity contribution < 1.29 is 15.1 Å². The quantitative estimate of drug-likeness (QED) is 0.427. The van der Waals surface area contributed by atoms with Crippen molar-refractivity contribution in [1.29, 1.82) is 0 Å². The zero-order chi connectivity index (χ0) is 14.3. The number of hydrogen-bond donors (Lipinski definition) is 3. The van der Waals surface area contributed by atoms with Crippen LogP contribution in [0, 0.1) is 10.1 Å². The van der Waals surface area contributed by atoms with Crippen molar-refractivity contribution in [3.8, 4) is 0 Å². The summed E-state index contributed by atoms with van der Waals surface area (Å²) in [6, 6.07) is 0.159. The highest BCUT2D eigenvalue weighted by molar-refractivity contribution is 5.20. The molecule has 3 N–H and O–H groups in total. The number of nitro groups is 1. The van der Waals surface area contributed by atoms with Crippen molar-refractivity contribution in [2.45, 2.75) is 38.5 Å². The van der Waals surface area contributed by atoms with Gasteiger partial charge in [0.15, 0.2) is 0 Å². The van der Waals surface area contributed by atoms with Crippen molar-refractivity contribution in [3.05, 3.63) is 22.5 Å². The lowest BCUT2D eigenvalue weighted by molar-refractivity contribution is -0.385. The molecule has 1 rings (SSSR count). The summed E-state index contributed by atoms with van der Waals surface area (Å²) in [7, 11) is 0. The van der Waals surface area contributed by atoms with Gasteiger partial charge < -0.3 is 15.5 Å². The minimum atomic E-state index is -0.688.